The minimum Gasteiger partial charge on any atom is -0.465 e. The summed E-state index contributed by atoms with van der Waals surface area (Å²) in [5.74, 6) is -1.31. The van der Waals surface area contributed by atoms with Gasteiger partial charge in [-0.25, -0.2) is 9.18 Å². The predicted octanol–water partition coefficient (Wildman–Crippen LogP) is 3.92. The molecule has 0 unspecified atom stereocenters. The molecule has 0 aliphatic carbocycles. The van der Waals surface area contributed by atoms with Crippen LogP contribution in [0.25, 0.3) is 6.08 Å². The van der Waals surface area contributed by atoms with Crippen LogP contribution < -0.4 is 5.32 Å². The van der Waals surface area contributed by atoms with Gasteiger partial charge in [0.1, 0.15) is 5.82 Å². The molecule has 2 aromatic carbocycles. The van der Waals surface area contributed by atoms with E-state index >= 15 is 0 Å². The Morgan fingerprint density at radius 2 is 1.87 bits per heavy atom. The molecule has 4 nitrogen and oxygen atoms in total. The number of hydrogen-bond donors (Lipinski definition) is 1. The molecule has 1 N–H and O–H groups in total. The molecule has 0 fully saturated rings. The minimum absolute atomic E-state index is 0.273. The number of amides is 1. The molecular formula is C17H13ClFNO3. The maximum absolute atomic E-state index is 12.8. The van der Waals surface area contributed by atoms with Gasteiger partial charge in [-0.1, -0.05) is 23.7 Å². The molecular weight excluding hydrogens is 321 g/mol. The van der Waals surface area contributed by atoms with Gasteiger partial charge in [-0.05, 0) is 42.0 Å². The minimum atomic E-state index is -0.529. The van der Waals surface area contributed by atoms with E-state index in [0.29, 0.717) is 16.3 Å². The highest BCUT2D eigenvalue weighted by Crippen LogP contribution is 2.23. The Morgan fingerprint density at radius 3 is 2.52 bits per heavy atom. The monoisotopic (exact) mass is 333 g/mol. The van der Waals surface area contributed by atoms with E-state index in [1.165, 1.54) is 49.6 Å². The number of nitrogens with one attached hydrogen (secondary N) is 1. The fraction of sp³-hybridized carbons (Fsp3) is 0.0588. The second-order valence-electron chi connectivity index (χ2n) is 4.56. The van der Waals surface area contributed by atoms with Crippen LogP contribution in [0.3, 0.4) is 0 Å². The lowest BCUT2D eigenvalue weighted by molar-refractivity contribution is -0.111. The number of ether oxygens (including phenoxy) is 1. The number of carbonyl (C=O) groups is 2. The van der Waals surface area contributed by atoms with Crippen molar-refractivity contribution in [2.45, 2.75) is 0 Å². The summed E-state index contributed by atoms with van der Waals surface area (Å²) in [4.78, 5) is 23.4. The van der Waals surface area contributed by atoms with Crippen molar-refractivity contribution in [3.8, 4) is 0 Å². The van der Waals surface area contributed by atoms with Gasteiger partial charge in [0.15, 0.2) is 0 Å². The molecule has 0 radical (unpaired) electrons. The summed E-state index contributed by atoms with van der Waals surface area (Å²) >= 11 is 5.99. The second-order valence-corrected chi connectivity index (χ2v) is 4.97. The molecule has 2 aromatic rings. The first kappa shape index (κ1) is 16.7. The van der Waals surface area contributed by atoms with E-state index in [0.717, 1.165) is 0 Å². The van der Waals surface area contributed by atoms with Gasteiger partial charge in [0.25, 0.3) is 0 Å². The first-order valence-corrected chi connectivity index (χ1v) is 7.00. The molecule has 0 spiro atoms. The van der Waals surface area contributed by atoms with Crippen molar-refractivity contribution in [1.82, 2.24) is 0 Å². The summed E-state index contributed by atoms with van der Waals surface area (Å²) < 4.78 is 17.4. The highest BCUT2D eigenvalue weighted by atomic mass is 35.5. The van der Waals surface area contributed by atoms with Gasteiger partial charge in [-0.15, -0.1) is 0 Å². The van der Waals surface area contributed by atoms with E-state index in [9.17, 15) is 14.0 Å². The topological polar surface area (TPSA) is 55.4 Å². The maximum atomic E-state index is 12.8. The second kappa shape index (κ2) is 7.56. The molecule has 0 aliphatic heterocycles. The summed E-state index contributed by atoms with van der Waals surface area (Å²) in [6.07, 6.45) is 2.82. The molecule has 0 heterocycles. The van der Waals surface area contributed by atoms with Gasteiger partial charge >= 0.3 is 5.97 Å². The molecule has 0 atom stereocenters. The molecule has 23 heavy (non-hydrogen) atoms. The van der Waals surface area contributed by atoms with E-state index in [1.807, 2.05) is 0 Å². The highest BCUT2D eigenvalue weighted by molar-refractivity contribution is 6.34. The molecule has 1 amide bonds. The van der Waals surface area contributed by atoms with Gasteiger partial charge in [-0.2, -0.15) is 0 Å². The fourth-order valence-corrected chi connectivity index (χ4v) is 1.95. The summed E-state index contributed by atoms with van der Waals surface area (Å²) in [5.41, 5.74) is 1.24. The van der Waals surface area contributed by atoms with Crippen molar-refractivity contribution in [1.29, 1.82) is 0 Å². The number of methoxy groups -OCH3 is 1. The molecule has 6 heteroatoms. The van der Waals surface area contributed by atoms with Crippen molar-refractivity contribution in [2.75, 3.05) is 12.4 Å². The lowest BCUT2D eigenvalue weighted by atomic mass is 10.2. The van der Waals surface area contributed by atoms with E-state index < -0.39 is 11.9 Å². The summed E-state index contributed by atoms with van der Waals surface area (Å²) in [7, 11) is 1.26. The average molecular weight is 334 g/mol. The first-order chi connectivity index (χ1) is 11.0. The van der Waals surface area contributed by atoms with Crippen LogP contribution in [-0.4, -0.2) is 19.0 Å². The van der Waals surface area contributed by atoms with Crippen molar-refractivity contribution in [3.63, 3.8) is 0 Å². The average Bonchev–Trinajstić information content (AvgIpc) is 2.55. The van der Waals surface area contributed by atoms with E-state index in [1.54, 1.807) is 12.1 Å². The molecule has 0 saturated heterocycles. The summed E-state index contributed by atoms with van der Waals surface area (Å²) in [6, 6.07) is 10.1. The summed E-state index contributed by atoms with van der Waals surface area (Å²) in [5, 5.41) is 2.86. The van der Waals surface area contributed by atoms with Gasteiger partial charge in [0.05, 0.1) is 23.4 Å². The molecule has 0 saturated carbocycles. The van der Waals surface area contributed by atoms with Crippen molar-refractivity contribution < 1.29 is 18.7 Å². The van der Waals surface area contributed by atoms with E-state index in [4.69, 9.17) is 11.6 Å². The zero-order chi connectivity index (χ0) is 16.8. The van der Waals surface area contributed by atoms with E-state index in [-0.39, 0.29) is 11.4 Å². The predicted molar refractivity (Wildman–Crippen MR) is 86.9 cm³/mol. The van der Waals surface area contributed by atoms with Crippen molar-refractivity contribution in [2.24, 2.45) is 0 Å². The van der Waals surface area contributed by atoms with Crippen LogP contribution in [0.15, 0.2) is 48.5 Å². The molecule has 0 aromatic heterocycles. The number of esters is 1. The smallest absolute Gasteiger partial charge is 0.337 e. The third kappa shape index (κ3) is 4.66. The third-order valence-corrected chi connectivity index (χ3v) is 3.27. The van der Waals surface area contributed by atoms with Gasteiger partial charge < -0.3 is 10.1 Å². The lowest BCUT2D eigenvalue weighted by Gasteiger charge is -2.07. The number of hydrogen-bond acceptors (Lipinski definition) is 3. The number of carbonyl (C=O) groups excluding carboxylic acids is 2. The maximum Gasteiger partial charge on any atom is 0.337 e. The summed E-state index contributed by atoms with van der Waals surface area (Å²) in [6.45, 7) is 0. The number of halogens is 2. The van der Waals surface area contributed by atoms with Crippen LogP contribution in [-0.2, 0) is 9.53 Å². The van der Waals surface area contributed by atoms with Crippen LogP contribution >= 0.6 is 11.6 Å². The SMILES string of the molecule is COC(=O)c1ccc(Cl)c(NC(=O)/C=C/c2ccc(F)cc2)c1. The quantitative estimate of drug-likeness (QED) is 0.681. The molecule has 0 aliphatic rings. The number of benzene rings is 2. The van der Waals surface area contributed by atoms with Gasteiger partial charge in [-0.3, -0.25) is 4.79 Å². The third-order valence-electron chi connectivity index (χ3n) is 2.94. The van der Waals surface area contributed by atoms with Crippen LogP contribution in [0.2, 0.25) is 5.02 Å². The Balaban J connectivity index is 2.10. The first-order valence-electron chi connectivity index (χ1n) is 6.62. The standard InChI is InChI=1S/C17H13ClFNO3/c1-23-17(22)12-5-8-14(18)15(10-12)20-16(21)9-4-11-2-6-13(19)7-3-11/h2-10H,1H3,(H,20,21)/b9-4+. The number of rotatable bonds is 4. The van der Waals surface area contributed by atoms with Crippen molar-refractivity contribution >= 4 is 35.2 Å². The lowest BCUT2D eigenvalue weighted by Crippen LogP contribution is -2.09. The molecule has 118 valence electrons. The largest absolute Gasteiger partial charge is 0.465 e. The Kier molecular flexibility index (Phi) is 5.49. The Labute approximate surface area is 137 Å². The zero-order valence-corrected chi connectivity index (χ0v) is 12.9. The van der Waals surface area contributed by atoms with Crippen LogP contribution in [0, 0.1) is 5.82 Å². The van der Waals surface area contributed by atoms with Crippen molar-refractivity contribution in [3.05, 3.63) is 70.5 Å². The Morgan fingerprint density at radius 1 is 1.17 bits per heavy atom. The fourth-order valence-electron chi connectivity index (χ4n) is 1.79. The zero-order valence-electron chi connectivity index (χ0n) is 12.2. The number of anilines is 1. The highest BCUT2D eigenvalue weighted by Gasteiger charge is 2.10. The van der Waals surface area contributed by atoms with Crippen LogP contribution in [0.4, 0.5) is 10.1 Å². The molecule has 0 bridgehead atoms. The Hall–Kier alpha value is -2.66. The van der Waals surface area contributed by atoms with E-state index in [2.05, 4.69) is 10.1 Å². The van der Waals surface area contributed by atoms with Crippen LogP contribution in [0.1, 0.15) is 15.9 Å². The normalized spacial score (nSPS) is 10.6. The van der Waals surface area contributed by atoms with Gasteiger partial charge in [0.2, 0.25) is 5.91 Å². The van der Waals surface area contributed by atoms with Crippen LogP contribution in [0.5, 0.6) is 0 Å². The Bertz CT molecular complexity index is 757. The molecule has 2 rings (SSSR count). The van der Waals surface area contributed by atoms with Gasteiger partial charge in [0, 0.05) is 6.08 Å².